The average Bonchev–Trinajstić information content (AvgIpc) is 3.54. The van der Waals surface area contributed by atoms with E-state index in [-0.39, 0.29) is 11.4 Å². The summed E-state index contributed by atoms with van der Waals surface area (Å²) in [7, 11) is 0. The highest BCUT2D eigenvalue weighted by molar-refractivity contribution is 6.29. The largest absolute Gasteiger partial charge is 0.490 e. The summed E-state index contributed by atoms with van der Waals surface area (Å²) in [6.07, 6.45) is 1.36. The first-order valence-corrected chi connectivity index (χ1v) is 10.8. The van der Waals surface area contributed by atoms with Gasteiger partial charge in [-0.3, -0.25) is 4.79 Å². The third-order valence-electron chi connectivity index (χ3n) is 6.02. The normalized spacial score (nSPS) is 18.9. The number of carbonyl (C=O) groups excluding carboxylic acids is 1. The molecule has 34 heavy (non-hydrogen) atoms. The second kappa shape index (κ2) is 8.71. The molecule has 0 aromatic carbocycles. The smallest absolute Gasteiger partial charge is 0.475 e. The van der Waals surface area contributed by atoms with Crippen LogP contribution in [0.4, 0.5) is 18.9 Å². The number of anilines is 1. The van der Waals surface area contributed by atoms with E-state index in [1.165, 1.54) is 5.69 Å². The number of rotatable bonds is 2. The average molecular weight is 496 g/mol. The SMILES string of the molecule is CCN1c2cccnc2-n2cccc2C12CCN(C(=O)c1c[nH]c(Cl)c1)C2.O=C(O)C(F)(F)F. The predicted octanol–water partition coefficient (Wildman–Crippen LogP) is 4.07. The quantitative estimate of drug-likeness (QED) is 0.559. The summed E-state index contributed by atoms with van der Waals surface area (Å²) in [5.41, 5.74) is 2.67. The van der Waals surface area contributed by atoms with E-state index in [2.05, 4.69) is 50.8 Å². The molecule has 2 N–H and O–H groups in total. The highest BCUT2D eigenvalue weighted by atomic mass is 35.5. The maximum Gasteiger partial charge on any atom is 0.490 e. The fourth-order valence-corrected chi connectivity index (χ4v) is 4.81. The molecule has 12 heteroatoms. The first-order valence-electron chi connectivity index (χ1n) is 10.4. The monoisotopic (exact) mass is 495 g/mol. The number of H-pyrrole nitrogens is 1. The number of aliphatic carboxylic acids is 1. The number of carbonyl (C=O) groups is 2. The number of halogens is 4. The van der Waals surface area contributed by atoms with Crippen molar-refractivity contribution in [3.05, 3.63) is 65.3 Å². The molecule has 1 amide bonds. The predicted molar refractivity (Wildman–Crippen MR) is 118 cm³/mol. The number of carboxylic acid groups (broad SMARTS) is 1. The van der Waals surface area contributed by atoms with Crippen LogP contribution < -0.4 is 4.90 Å². The summed E-state index contributed by atoms with van der Waals surface area (Å²) in [6.45, 7) is 4.36. The van der Waals surface area contributed by atoms with Crippen molar-refractivity contribution < 1.29 is 27.9 Å². The molecule has 0 saturated carbocycles. The number of likely N-dealkylation sites (tertiary alicyclic amines) is 1. The van der Waals surface area contributed by atoms with Gasteiger partial charge in [-0.05, 0) is 43.7 Å². The minimum Gasteiger partial charge on any atom is -0.475 e. The molecule has 5 heterocycles. The third-order valence-corrected chi connectivity index (χ3v) is 6.23. The van der Waals surface area contributed by atoms with Gasteiger partial charge >= 0.3 is 12.1 Å². The maximum absolute atomic E-state index is 13.0. The second-order valence-electron chi connectivity index (χ2n) is 7.90. The summed E-state index contributed by atoms with van der Waals surface area (Å²) in [4.78, 5) is 33.7. The van der Waals surface area contributed by atoms with Crippen molar-refractivity contribution in [1.82, 2.24) is 19.4 Å². The number of likely N-dealkylation sites (N-methyl/N-ethyl adjacent to an activating group) is 1. The number of amides is 1. The topological polar surface area (TPSA) is 94.5 Å². The first kappa shape index (κ1) is 23.7. The van der Waals surface area contributed by atoms with Gasteiger partial charge in [-0.1, -0.05) is 11.6 Å². The molecule has 1 unspecified atom stereocenters. The number of nitrogens with zero attached hydrogens (tertiary/aromatic N) is 4. The van der Waals surface area contributed by atoms with Crippen LogP contribution in [0.1, 0.15) is 29.4 Å². The Hall–Kier alpha value is -3.47. The van der Waals surface area contributed by atoms with E-state index in [0.29, 0.717) is 23.8 Å². The summed E-state index contributed by atoms with van der Waals surface area (Å²) in [5, 5.41) is 7.61. The summed E-state index contributed by atoms with van der Waals surface area (Å²) < 4.78 is 33.9. The summed E-state index contributed by atoms with van der Waals surface area (Å²) in [5.74, 6) is -1.79. The number of pyridine rings is 1. The molecule has 0 bridgehead atoms. The number of aromatic nitrogens is 3. The van der Waals surface area contributed by atoms with Crippen LogP contribution >= 0.6 is 11.6 Å². The molecule has 8 nitrogen and oxygen atoms in total. The molecule has 1 spiro atoms. The molecule has 3 aromatic rings. The van der Waals surface area contributed by atoms with E-state index in [4.69, 9.17) is 21.5 Å². The van der Waals surface area contributed by atoms with Gasteiger partial charge in [0.25, 0.3) is 5.91 Å². The van der Waals surface area contributed by atoms with Crippen molar-refractivity contribution in [3.8, 4) is 5.82 Å². The zero-order valence-corrected chi connectivity index (χ0v) is 18.8. The number of fused-ring (bicyclic) bond motifs is 4. The summed E-state index contributed by atoms with van der Waals surface area (Å²) in [6, 6.07) is 10.00. The highest BCUT2D eigenvalue weighted by Crippen LogP contribution is 2.46. The Morgan fingerprint density at radius 1 is 1.29 bits per heavy atom. The number of nitrogens with one attached hydrogen (secondary N) is 1. The number of carboxylic acids is 1. The minimum absolute atomic E-state index is 0.0150. The lowest BCUT2D eigenvalue weighted by Gasteiger charge is -2.46. The van der Waals surface area contributed by atoms with Crippen LogP contribution in [-0.4, -0.2) is 62.2 Å². The lowest BCUT2D eigenvalue weighted by Crippen LogP contribution is -2.52. The molecular formula is C22H21ClF3N5O3. The van der Waals surface area contributed by atoms with Crippen LogP contribution in [0.2, 0.25) is 5.15 Å². The van der Waals surface area contributed by atoms with Gasteiger partial charge in [0, 0.05) is 38.2 Å². The molecule has 1 fully saturated rings. The fourth-order valence-electron chi connectivity index (χ4n) is 4.64. The number of hydrogen-bond donors (Lipinski definition) is 2. The molecule has 180 valence electrons. The van der Waals surface area contributed by atoms with Crippen LogP contribution in [0.15, 0.2) is 48.9 Å². The lowest BCUT2D eigenvalue weighted by atomic mass is 9.89. The maximum atomic E-state index is 13.0. The minimum atomic E-state index is -5.08. The van der Waals surface area contributed by atoms with E-state index in [1.54, 1.807) is 12.3 Å². The van der Waals surface area contributed by atoms with E-state index >= 15 is 0 Å². The number of alkyl halides is 3. The number of hydrogen-bond acceptors (Lipinski definition) is 4. The van der Waals surface area contributed by atoms with E-state index in [1.807, 2.05) is 17.2 Å². The Morgan fingerprint density at radius 2 is 2.03 bits per heavy atom. The molecule has 5 rings (SSSR count). The highest BCUT2D eigenvalue weighted by Gasteiger charge is 2.50. The van der Waals surface area contributed by atoms with Crippen molar-refractivity contribution in [2.45, 2.75) is 25.1 Å². The Morgan fingerprint density at radius 3 is 2.65 bits per heavy atom. The Balaban J connectivity index is 0.000000344. The van der Waals surface area contributed by atoms with E-state index < -0.39 is 12.1 Å². The van der Waals surface area contributed by atoms with Crippen molar-refractivity contribution in [2.24, 2.45) is 0 Å². The Labute approximate surface area is 197 Å². The zero-order chi connectivity index (χ0) is 24.7. The summed E-state index contributed by atoms with van der Waals surface area (Å²) >= 11 is 5.96. The van der Waals surface area contributed by atoms with Gasteiger partial charge < -0.3 is 24.5 Å². The van der Waals surface area contributed by atoms with E-state index in [9.17, 15) is 18.0 Å². The van der Waals surface area contributed by atoms with Gasteiger partial charge in [0.1, 0.15) is 10.7 Å². The van der Waals surface area contributed by atoms with Crippen molar-refractivity contribution >= 4 is 29.2 Å². The van der Waals surface area contributed by atoms with Crippen molar-refractivity contribution in [2.75, 3.05) is 24.5 Å². The van der Waals surface area contributed by atoms with Crippen LogP contribution in [0.5, 0.6) is 0 Å². The molecule has 3 aromatic heterocycles. The zero-order valence-electron chi connectivity index (χ0n) is 18.0. The fraction of sp³-hybridized carbons (Fsp3) is 0.318. The molecule has 2 aliphatic heterocycles. The van der Waals surface area contributed by atoms with Crippen molar-refractivity contribution in [3.63, 3.8) is 0 Å². The Kier molecular flexibility index (Phi) is 6.07. The molecular weight excluding hydrogens is 475 g/mol. The lowest BCUT2D eigenvalue weighted by molar-refractivity contribution is -0.192. The van der Waals surface area contributed by atoms with E-state index in [0.717, 1.165) is 24.5 Å². The van der Waals surface area contributed by atoms with Crippen molar-refractivity contribution in [1.29, 1.82) is 0 Å². The van der Waals surface area contributed by atoms with Gasteiger partial charge in [-0.2, -0.15) is 13.2 Å². The first-order chi connectivity index (χ1) is 16.1. The number of aromatic amines is 1. The third kappa shape index (κ3) is 4.00. The van der Waals surface area contributed by atoms with Gasteiger partial charge in [-0.25, -0.2) is 9.78 Å². The van der Waals surface area contributed by atoms with Crippen LogP contribution in [-0.2, 0) is 10.3 Å². The second-order valence-corrected chi connectivity index (χ2v) is 8.31. The molecule has 0 aliphatic carbocycles. The van der Waals surface area contributed by atoms with Gasteiger partial charge in [0.2, 0.25) is 0 Å². The van der Waals surface area contributed by atoms with Gasteiger partial charge in [0.05, 0.1) is 16.9 Å². The van der Waals surface area contributed by atoms with Crippen LogP contribution in [0.25, 0.3) is 5.82 Å². The molecule has 1 saturated heterocycles. The molecule has 1 atom stereocenters. The van der Waals surface area contributed by atoms with Crippen LogP contribution in [0, 0.1) is 0 Å². The Bertz CT molecular complexity index is 1220. The van der Waals surface area contributed by atoms with Gasteiger partial charge in [0.15, 0.2) is 5.82 Å². The van der Waals surface area contributed by atoms with Gasteiger partial charge in [-0.15, -0.1) is 0 Å². The molecule has 2 aliphatic rings. The molecule has 0 radical (unpaired) electrons. The van der Waals surface area contributed by atoms with Crippen LogP contribution in [0.3, 0.4) is 0 Å². The standard InChI is InChI=1S/C20H20ClN5O.C2HF3O2/c1-2-26-15-5-3-8-22-18(15)25-9-4-6-16(25)20(26)7-10-24(13-20)19(27)14-11-17(21)23-12-14;3-2(4,5)1(6)7/h3-6,8-9,11-12,23H,2,7,10,13H2,1H3;(H,6,7).